The molecule has 0 spiro atoms. The Kier molecular flexibility index (Phi) is 7.37. The Morgan fingerprint density at radius 1 is 1.16 bits per heavy atom. The molecule has 0 fully saturated rings. The summed E-state index contributed by atoms with van der Waals surface area (Å²) < 4.78 is 11.4. The highest BCUT2D eigenvalue weighted by molar-refractivity contribution is 7.14. The summed E-state index contributed by atoms with van der Waals surface area (Å²) in [5.41, 5.74) is 4.17. The van der Waals surface area contributed by atoms with Crippen LogP contribution in [0.1, 0.15) is 51.1 Å². The van der Waals surface area contributed by atoms with Crippen molar-refractivity contribution >= 4 is 34.3 Å². The molecule has 3 rings (SSSR count). The number of aryl methyl sites for hydroxylation is 1. The summed E-state index contributed by atoms with van der Waals surface area (Å²) >= 11 is 1.15. The van der Waals surface area contributed by atoms with E-state index in [1.165, 1.54) is 12.5 Å². The van der Waals surface area contributed by atoms with E-state index in [-0.39, 0.29) is 30.6 Å². The maximum atomic E-state index is 12.5. The summed E-state index contributed by atoms with van der Waals surface area (Å²) in [4.78, 5) is 39.8. The first-order valence-corrected chi connectivity index (χ1v) is 10.9. The van der Waals surface area contributed by atoms with Crippen molar-refractivity contribution in [2.45, 2.75) is 33.6 Å². The number of benzene rings is 1. The molecule has 1 N–H and O–H groups in total. The summed E-state index contributed by atoms with van der Waals surface area (Å²) in [5.74, 6) is -1.13. The molecule has 3 aromatic rings. The van der Waals surface area contributed by atoms with Gasteiger partial charge in [0.15, 0.2) is 10.8 Å². The molecule has 0 unspecified atom stereocenters. The SMILES string of the molecule is CCOC(=O)c1csc(NC(=O)c2ccc(-n3nc(C)c(CCC(=O)OC)c3C)cc2)n1. The van der Waals surface area contributed by atoms with Gasteiger partial charge >= 0.3 is 11.9 Å². The fourth-order valence-electron chi connectivity index (χ4n) is 3.17. The standard InChI is InChI=1S/C22H24N4O5S/c1-5-31-21(29)18-12-32-22(23-18)24-20(28)15-6-8-16(9-7-15)26-14(3)17(13(2)25-26)10-11-19(27)30-4/h6-9,12H,5,10-11H2,1-4H3,(H,23,24,28). The average molecular weight is 457 g/mol. The topological polar surface area (TPSA) is 112 Å². The van der Waals surface area contributed by atoms with E-state index in [0.29, 0.717) is 17.1 Å². The zero-order valence-electron chi connectivity index (χ0n) is 18.3. The zero-order valence-corrected chi connectivity index (χ0v) is 19.1. The molecule has 0 aliphatic rings. The average Bonchev–Trinajstić information content (AvgIpc) is 3.36. The highest BCUT2D eigenvalue weighted by Gasteiger charge is 2.16. The third-order valence-electron chi connectivity index (χ3n) is 4.83. The highest BCUT2D eigenvalue weighted by Crippen LogP contribution is 2.21. The van der Waals surface area contributed by atoms with E-state index in [2.05, 4.69) is 15.4 Å². The minimum Gasteiger partial charge on any atom is -0.469 e. The van der Waals surface area contributed by atoms with Crippen LogP contribution in [0.25, 0.3) is 5.69 Å². The monoisotopic (exact) mass is 456 g/mol. The third-order valence-corrected chi connectivity index (χ3v) is 5.59. The number of hydrogen-bond acceptors (Lipinski definition) is 8. The van der Waals surface area contributed by atoms with Crippen molar-refractivity contribution in [3.05, 3.63) is 57.9 Å². The molecule has 10 heteroatoms. The van der Waals surface area contributed by atoms with Gasteiger partial charge in [0.25, 0.3) is 5.91 Å². The van der Waals surface area contributed by atoms with Gasteiger partial charge < -0.3 is 9.47 Å². The fourth-order valence-corrected chi connectivity index (χ4v) is 3.85. The number of thiazole rings is 1. The lowest BCUT2D eigenvalue weighted by molar-refractivity contribution is -0.140. The van der Waals surface area contributed by atoms with E-state index in [9.17, 15) is 14.4 Å². The third kappa shape index (κ3) is 5.20. The number of carbonyl (C=O) groups is 3. The van der Waals surface area contributed by atoms with E-state index in [0.717, 1.165) is 34.0 Å². The molecule has 0 aliphatic heterocycles. The second kappa shape index (κ2) is 10.2. The van der Waals surface area contributed by atoms with Gasteiger partial charge in [-0.25, -0.2) is 14.5 Å². The number of nitrogens with zero attached hydrogens (tertiary/aromatic N) is 3. The van der Waals surface area contributed by atoms with Gasteiger partial charge in [0.2, 0.25) is 0 Å². The number of hydrogen-bond donors (Lipinski definition) is 1. The predicted octanol–water partition coefficient (Wildman–Crippen LogP) is 3.48. The van der Waals surface area contributed by atoms with Gasteiger partial charge in [0.1, 0.15) is 0 Å². The van der Waals surface area contributed by atoms with Gasteiger partial charge in [0.05, 0.1) is 25.1 Å². The minimum atomic E-state index is -0.524. The summed E-state index contributed by atoms with van der Waals surface area (Å²) in [7, 11) is 1.37. The highest BCUT2D eigenvalue weighted by atomic mass is 32.1. The largest absolute Gasteiger partial charge is 0.469 e. The number of ether oxygens (including phenoxy) is 2. The lowest BCUT2D eigenvalue weighted by atomic mass is 10.1. The lowest BCUT2D eigenvalue weighted by Gasteiger charge is -2.07. The summed E-state index contributed by atoms with van der Waals surface area (Å²) in [6.45, 7) is 5.81. The van der Waals surface area contributed by atoms with Gasteiger partial charge in [-0.3, -0.25) is 14.9 Å². The van der Waals surface area contributed by atoms with Crippen molar-refractivity contribution in [3.8, 4) is 5.69 Å². The normalized spacial score (nSPS) is 10.6. The number of amides is 1. The molecule has 9 nitrogen and oxygen atoms in total. The minimum absolute atomic E-state index is 0.162. The van der Waals surface area contributed by atoms with Crippen LogP contribution in [0.2, 0.25) is 0 Å². The molecule has 0 saturated heterocycles. The number of carbonyl (C=O) groups excluding carboxylic acids is 3. The summed E-state index contributed by atoms with van der Waals surface area (Å²) in [5, 5.41) is 9.11. The first-order valence-electron chi connectivity index (χ1n) is 10.00. The molecular weight excluding hydrogens is 432 g/mol. The number of anilines is 1. The quantitative estimate of drug-likeness (QED) is 0.516. The molecule has 1 amide bonds. The fraction of sp³-hybridized carbons (Fsp3) is 0.318. The Morgan fingerprint density at radius 2 is 1.88 bits per heavy atom. The van der Waals surface area contributed by atoms with Crippen LogP contribution < -0.4 is 5.32 Å². The van der Waals surface area contributed by atoms with Crippen molar-refractivity contribution in [1.29, 1.82) is 0 Å². The Labute approximate surface area is 189 Å². The van der Waals surface area contributed by atoms with Crippen molar-refractivity contribution in [1.82, 2.24) is 14.8 Å². The number of methoxy groups -OCH3 is 1. The molecule has 32 heavy (non-hydrogen) atoms. The van der Waals surface area contributed by atoms with Crippen molar-refractivity contribution in [2.75, 3.05) is 19.0 Å². The van der Waals surface area contributed by atoms with Gasteiger partial charge in [-0.05, 0) is 57.0 Å². The molecule has 2 heterocycles. The predicted molar refractivity (Wildman–Crippen MR) is 119 cm³/mol. The Balaban J connectivity index is 1.70. The van der Waals surface area contributed by atoms with Crippen LogP contribution in [0.5, 0.6) is 0 Å². The van der Waals surface area contributed by atoms with E-state index in [1.54, 1.807) is 35.9 Å². The number of esters is 2. The Morgan fingerprint density at radius 3 is 2.53 bits per heavy atom. The van der Waals surface area contributed by atoms with Crippen LogP contribution in [0.15, 0.2) is 29.6 Å². The van der Waals surface area contributed by atoms with E-state index in [1.807, 2.05) is 13.8 Å². The van der Waals surface area contributed by atoms with Crippen LogP contribution in [-0.4, -0.2) is 46.3 Å². The summed E-state index contributed by atoms with van der Waals surface area (Å²) in [6.07, 6.45) is 0.837. The first kappa shape index (κ1) is 23.1. The second-order valence-electron chi connectivity index (χ2n) is 6.90. The van der Waals surface area contributed by atoms with Crippen LogP contribution in [0.3, 0.4) is 0 Å². The molecule has 0 aliphatic carbocycles. The Hall–Kier alpha value is -3.53. The van der Waals surface area contributed by atoms with Crippen molar-refractivity contribution in [3.63, 3.8) is 0 Å². The maximum Gasteiger partial charge on any atom is 0.357 e. The van der Waals surface area contributed by atoms with Gasteiger partial charge in [-0.2, -0.15) is 5.10 Å². The van der Waals surface area contributed by atoms with Gasteiger partial charge in [0, 0.05) is 23.1 Å². The molecule has 168 valence electrons. The smallest absolute Gasteiger partial charge is 0.357 e. The van der Waals surface area contributed by atoms with E-state index >= 15 is 0 Å². The van der Waals surface area contributed by atoms with Gasteiger partial charge in [-0.15, -0.1) is 11.3 Å². The van der Waals surface area contributed by atoms with Crippen LogP contribution in [0, 0.1) is 13.8 Å². The van der Waals surface area contributed by atoms with Crippen LogP contribution >= 0.6 is 11.3 Å². The van der Waals surface area contributed by atoms with Crippen molar-refractivity contribution in [2.24, 2.45) is 0 Å². The van der Waals surface area contributed by atoms with Crippen LogP contribution in [-0.2, 0) is 20.7 Å². The number of nitrogens with one attached hydrogen (secondary N) is 1. The second-order valence-corrected chi connectivity index (χ2v) is 7.75. The lowest BCUT2D eigenvalue weighted by Crippen LogP contribution is -2.12. The Bertz CT molecular complexity index is 1130. The molecule has 0 bridgehead atoms. The number of aromatic nitrogens is 3. The molecule has 0 saturated carbocycles. The van der Waals surface area contributed by atoms with Crippen molar-refractivity contribution < 1.29 is 23.9 Å². The molecule has 0 radical (unpaired) electrons. The molecule has 0 atom stereocenters. The van der Waals surface area contributed by atoms with E-state index in [4.69, 9.17) is 9.47 Å². The molecular formula is C22H24N4O5S. The zero-order chi connectivity index (χ0) is 23.3. The van der Waals surface area contributed by atoms with Gasteiger partial charge in [-0.1, -0.05) is 0 Å². The maximum absolute atomic E-state index is 12.5. The molecule has 2 aromatic heterocycles. The molecule has 1 aromatic carbocycles. The first-order chi connectivity index (χ1) is 15.3. The van der Waals surface area contributed by atoms with E-state index < -0.39 is 5.97 Å². The van der Waals surface area contributed by atoms with Crippen LogP contribution in [0.4, 0.5) is 5.13 Å². The summed E-state index contributed by atoms with van der Waals surface area (Å²) in [6, 6.07) is 6.97. The number of rotatable bonds is 8.